The van der Waals surface area contributed by atoms with Crippen LogP contribution >= 0.6 is 0 Å². The van der Waals surface area contributed by atoms with Gasteiger partial charge in [0.2, 0.25) is 0 Å². The fourth-order valence-corrected chi connectivity index (χ4v) is 4.54. The van der Waals surface area contributed by atoms with Gasteiger partial charge in [-0.25, -0.2) is 14.4 Å². The van der Waals surface area contributed by atoms with E-state index in [0.29, 0.717) is 18.0 Å². The van der Waals surface area contributed by atoms with Crippen molar-refractivity contribution in [3.63, 3.8) is 0 Å². The number of aryl methyl sites for hydroxylation is 1. The number of benzene rings is 2. The first kappa shape index (κ1) is 28.8. The molecule has 0 N–H and O–H groups in total. The van der Waals surface area contributed by atoms with E-state index in [1.165, 1.54) is 63.4 Å². The van der Waals surface area contributed by atoms with Crippen molar-refractivity contribution in [3.8, 4) is 28.3 Å². The minimum Gasteiger partial charge on any atom is -0.491 e. The quantitative estimate of drug-likeness (QED) is 0.162. The summed E-state index contributed by atoms with van der Waals surface area (Å²) in [6.07, 6.45) is 18.1. The van der Waals surface area contributed by atoms with E-state index >= 15 is 0 Å². The number of ether oxygens (including phenoxy) is 1. The Balaban J connectivity index is 1.39. The van der Waals surface area contributed by atoms with Gasteiger partial charge in [0, 0.05) is 23.5 Å². The number of rotatable bonds is 18. The lowest BCUT2D eigenvalue weighted by Gasteiger charge is -2.11. The van der Waals surface area contributed by atoms with Crippen molar-refractivity contribution in [2.75, 3.05) is 6.61 Å². The molecule has 37 heavy (non-hydrogen) atoms. The third-order valence-electron chi connectivity index (χ3n) is 6.92. The highest BCUT2D eigenvalue weighted by molar-refractivity contribution is 5.64. The van der Waals surface area contributed by atoms with Gasteiger partial charge in [-0.3, -0.25) is 0 Å². The lowest BCUT2D eigenvalue weighted by Crippen LogP contribution is -2.12. The van der Waals surface area contributed by atoms with Crippen molar-refractivity contribution in [3.05, 3.63) is 66.5 Å². The first-order valence-electron chi connectivity index (χ1n) is 14.5. The maximum Gasteiger partial charge on any atom is 0.159 e. The number of aromatic nitrogens is 2. The molecule has 0 amide bonds. The highest BCUT2D eigenvalue weighted by atomic mass is 19.1. The molecule has 0 saturated heterocycles. The van der Waals surface area contributed by atoms with Crippen LogP contribution in [0.3, 0.4) is 0 Å². The molecule has 0 aliphatic heterocycles. The Morgan fingerprint density at radius 1 is 0.649 bits per heavy atom. The molecular formula is C33H45FN2O. The van der Waals surface area contributed by atoms with Crippen LogP contribution in [0.4, 0.5) is 4.39 Å². The van der Waals surface area contributed by atoms with E-state index in [1.54, 1.807) is 0 Å². The fourth-order valence-electron chi connectivity index (χ4n) is 4.54. The lowest BCUT2D eigenvalue weighted by atomic mass is 10.0. The Labute approximate surface area is 223 Å². The predicted octanol–water partition coefficient (Wildman–Crippen LogP) is 9.79. The highest BCUT2D eigenvalue weighted by Crippen LogP contribution is 2.23. The molecule has 0 aliphatic rings. The minimum absolute atomic E-state index is 0.110. The number of halogens is 1. The zero-order chi connectivity index (χ0) is 26.1. The molecule has 3 aromatic rings. The molecule has 0 spiro atoms. The van der Waals surface area contributed by atoms with E-state index in [9.17, 15) is 4.39 Å². The molecule has 4 heteroatoms. The molecule has 0 aliphatic carbocycles. The van der Waals surface area contributed by atoms with E-state index in [2.05, 4.69) is 48.1 Å². The first-order chi connectivity index (χ1) is 18.2. The van der Waals surface area contributed by atoms with Gasteiger partial charge in [-0.15, -0.1) is 0 Å². The molecule has 3 nitrogen and oxygen atoms in total. The average molecular weight is 505 g/mol. The van der Waals surface area contributed by atoms with Crippen molar-refractivity contribution in [1.82, 2.24) is 9.97 Å². The van der Waals surface area contributed by atoms with E-state index in [4.69, 9.17) is 4.74 Å². The van der Waals surface area contributed by atoms with Gasteiger partial charge in [0.1, 0.15) is 18.5 Å². The molecular weight excluding hydrogens is 459 g/mol. The summed E-state index contributed by atoms with van der Waals surface area (Å²) in [6.45, 7) is 4.58. The third kappa shape index (κ3) is 10.6. The summed E-state index contributed by atoms with van der Waals surface area (Å²) in [5, 5.41) is 0. The van der Waals surface area contributed by atoms with Crippen LogP contribution in [0.1, 0.15) is 96.5 Å². The van der Waals surface area contributed by atoms with E-state index in [1.807, 2.05) is 36.7 Å². The second-order valence-electron chi connectivity index (χ2n) is 10.1. The molecule has 0 bridgehead atoms. The number of nitrogens with zero attached hydrogens (tertiary/aromatic N) is 2. The molecule has 200 valence electrons. The van der Waals surface area contributed by atoms with Gasteiger partial charge < -0.3 is 4.74 Å². The van der Waals surface area contributed by atoms with Crippen LogP contribution in [-0.4, -0.2) is 22.7 Å². The van der Waals surface area contributed by atoms with E-state index in [-0.39, 0.29) is 6.61 Å². The van der Waals surface area contributed by atoms with E-state index in [0.717, 1.165) is 36.0 Å². The molecule has 1 unspecified atom stereocenters. The summed E-state index contributed by atoms with van der Waals surface area (Å²) < 4.78 is 19.9. The van der Waals surface area contributed by atoms with Gasteiger partial charge in [0.05, 0.1) is 0 Å². The fraction of sp³-hybridized carbons (Fsp3) is 0.515. The molecule has 0 fully saturated rings. The summed E-state index contributed by atoms with van der Waals surface area (Å²) in [5.74, 6) is 1.35. The molecule has 2 aromatic carbocycles. The van der Waals surface area contributed by atoms with Crippen LogP contribution in [0, 0.1) is 0 Å². The monoisotopic (exact) mass is 504 g/mol. The van der Waals surface area contributed by atoms with Gasteiger partial charge in [-0.1, -0.05) is 102 Å². The van der Waals surface area contributed by atoms with Gasteiger partial charge in [-0.2, -0.15) is 0 Å². The summed E-state index contributed by atoms with van der Waals surface area (Å²) >= 11 is 0. The van der Waals surface area contributed by atoms with Crippen LogP contribution in [-0.2, 0) is 6.42 Å². The van der Waals surface area contributed by atoms with Crippen LogP contribution in [0.5, 0.6) is 5.75 Å². The topological polar surface area (TPSA) is 35.0 Å². The second-order valence-corrected chi connectivity index (χ2v) is 10.1. The third-order valence-corrected chi connectivity index (χ3v) is 6.92. The average Bonchev–Trinajstić information content (AvgIpc) is 2.94. The molecule has 3 rings (SSSR count). The number of hydrogen-bond acceptors (Lipinski definition) is 3. The minimum atomic E-state index is -0.916. The highest BCUT2D eigenvalue weighted by Gasteiger charge is 2.09. The van der Waals surface area contributed by atoms with Crippen molar-refractivity contribution in [2.45, 2.75) is 103 Å². The number of hydrogen-bond donors (Lipinski definition) is 0. The maximum atomic E-state index is 14.2. The van der Waals surface area contributed by atoms with Gasteiger partial charge in [0.25, 0.3) is 0 Å². The largest absolute Gasteiger partial charge is 0.491 e. The Bertz CT molecular complexity index is 986. The van der Waals surface area contributed by atoms with Crippen LogP contribution in [0.25, 0.3) is 22.5 Å². The molecule has 1 aromatic heterocycles. The van der Waals surface area contributed by atoms with Crippen LogP contribution in [0.15, 0.2) is 60.9 Å². The maximum absolute atomic E-state index is 14.2. The summed E-state index contributed by atoms with van der Waals surface area (Å²) in [5.41, 5.74) is 4.43. The Hall–Kier alpha value is -2.75. The van der Waals surface area contributed by atoms with E-state index < -0.39 is 6.17 Å². The van der Waals surface area contributed by atoms with Gasteiger partial charge in [-0.05, 0) is 54.7 Å². The Morgan fingerprint density at radius 3 is 1.86 bits per heavy atom. The van der Waals surface area contributed by atoms with Crippen molar-refractivity contribution >= 4 is 0 Å². The van der Waals surface area contributed by atoms with Crippen molar-refractivity contribution < 1.29 is 9.13 Å². The van der Waals surface area contributed by atoms with Gasteiger partial charge >= 0.3 is 0 Å². The number of alkyl halides is 1. The molecule has 0 radical (unpaired) electrons. The molecule has 1 heterocycles. The smallest absolute Gasteiger partial charge is 0.159 e. The lowest BCUT2D eigenvalue weighted by molar-refractivity contribution is 0.184. The Kier molecular flexibility index (Phi) is 13.2. The molecule has 1 atom stereocenters. The summed E-state index contributed by atoms with van der Waals surface area (Å²) in [4.78, 5) is 9.14. The SMILES string of the molecule is CCCCCCCCCCC(F)COc1ccc(-c2ncc(-c3ccc(CCCCC)cc3)cn2)cc1. The Morgan fingerprint density at radius 2 is 1.22 bits per heavy atom. The first-order valence-corrected chi connectivity index (χ1v) is 14.5. The zero-order valence-electron chi connectivity index (χ0n) is 22.9. The second kappa shape index (κ2) is 16.9. The van der Waals surface area contributed by atoms with Crippen LogP contribution in [0.2, 0.25) is 0 Å². The van der Waals surface area contributed by atoms with Crippen LogP contribution < -0.4 is 4.74 Å². The standard InChI is InChI=1S/C33H45FN2O/c1-3-5-7-8-9-10-11-13-15-31(34)26-37-32-22-20-29(21-23-32)33-35-24-30(25-36-33)28-18-16-27(17-19-28)14-12-6-4-2/h16-25,31H,3-15,26H2,1-2H3. The van der Waals surface area contributed by atoms with Crippen molar-refractivity contribution in [2.24, 2.45) is 0 Å². The number of unbranched alkanes of at least 4 members (excludes halogenated alkanes) is 9. The predicted molar refractivity (Wildman–Crippen MR) is 154 cm³/mol. The zero-order valence-corrected chi connectivity index (χ0v) is 22.9. The van der Waals surface area contributed by atoms with Gasteiger partial charge in [0.15, 0.2) is 5.82 Å². The normalized spacial score (nSPS) is 12.0. The summed E-state index contributed by atoms with van der Waals surface area (Å²) in [6, 6.07) is 16.3. The molecule has 0 saturated carbocycles. The summed E-state index contributed by atoms with van der Waals surface area (Å²) in [7, 11) is 0. The van der Waals surface area contributed by atoms with Crippen molar-refractivity contribution in [1.29, 1.82) is 0 Å².